The third-order valence-corrected chi connectivity index (χ3v) is 3.32. The molecule has 5 nitrogen and oxygen atoms in total. The van der Waals surface area contributed by atoms with Crippen LogP contribution in [0.2, 0.25) is 0 Å². The van der Waals surface area contributed by atoms with Crippen molar-refractivity contribution in [3.05, 3.63) is 23.9 Å². The summed E-state index contributed by atoms with van der Waals surface area (Å²) < 4.78 is 4.77. The Labute approximate surface area is 106 Å². The molecule has 0 atom stereocenters. The van der Waals surface area contributed by atoms with Gasteiger partial charge in [-0.2, -0.15) is 0 Å². The number of carbonyl (C=O) groups is 1. The zero-order valence-electron chi connectivity index (χ0n) is 10.5. The van der Waals surface area contributed by atoms with Crippen LogP contribution in [0.4, 0.5) is 5.82 Å². The van der Waals surface area contributed by atoms with E-state index in [1.54, 1.807) is 18.3 Å². The number of hydrogen-bond acceptors (Lipinski definition) is 5. The average molecular weight is 250 g/mol. The number of ether oxygens (including phenoxy) is 1. The van der Waals surface area contributed by atoms with Gasteiger partial charge in [-0.25, -0.2) is 9.78 Å². The number of rotatable bonds is 5. The van der Waals surface area contributed by atoms with E-state index in [-0.39, 0.29) is 12.6 Å². The van der Waals surface area contributed by atoms with Crippen LogP contribution < -0.4 is 4.90 Å². The van der Waals surface area contributed by atoms with Crippen LogP contribution in [0.15, 0.2) is 18.3 Å². The van der Waals surface area contributed by atoms with Gasteiger partial charge in [0, 0.05) is 18.8 Å². The molecule has 1 fully saturated rings. The number of aliphatic hydroxyl groups excluding tert-OH is 1. The second-order valence-electron chi connectivity index (χ2n) is 4.37. The number of nitrogens with zero attached hydrogens (tertiary/aromatic N) is 2. The highest BCUT2D eigenvalue weighted by atomic mass is 16.5. The molecular formula is C13H18N2O3. The van der Waals surface area contributed by atoms with Crippen molar-refractivity contribution in [1.82, 2.24) is 4.98 Å². The molecule has 1 N–H and O–H groups in total. The van der Waals surface area contributed by atoms with Gasteiger partial charge in [-0.15, -0.1) is 0 Å². The van der Waals surface area contributed by atoms with Gasteiger partial charge in [0.05, 0.1) is 13.7 Å². The summed E-state index contributed by atoms with van der Waals surface area (Å²) in [4.78, 5) is 18.0. The third-order valence-electron chi connectivity index (χ3n) is 3.32. The monoisotopic (exact) mass is 250 g/mol. The fourth-order valence-electron chi connectivity index (χ4n) is 2.16. The summed E-state index contributed by atoms with van der Waals surface area (Å²) in [5.74, 6) is 0.225. The Balaban J connectivity index is 2.30. The molecule has 5 heteroatoms. The van der Waals surface area contributed by atoms with Gasteiger partial charge < -0.3 is 14.7 Å². The summed E-state index contributed by atoms with van der Waals surface area (Å²) in [6.07, 6.45) is 5.01. The number of methoxy groups -OCH3 is 1. The summed E-state index contributed by atoms with van der Waals surface area (Å²) in [5, 5.41) is 9.17. The molecule has 1 aliphatic carbocycles. The number of aliphatic hydroxyl groups is 1. The Bertz CT molecular complexity index is 418. The number of anilines is 1. The topological polar surface area (TPSA) is 62.7 Å². The van der Waals surface area contributed by atoms with Crippen LogP contribution in [0.5, 0.6) is 0 Å². The van der Waals surface area contributed by atoms with E-state index in [9.17, 15) is 4.79 Å². The standard InChI is InChI=1S/C13H18N2O3/c1-18-13(17)11-6-3-7-14-12(11)15(8-9-16)10-4-2-5-10/h3,6-7,10,16H,2,4-5,8-9H2,1H3. The predicted molar refractivity (Wildman–Crippen MR) is 67.6 cm³/mol. The van der Waals surface area contributed by atoms with Crippen LogP contribution in [0.1, 0.15) is 29.6 Å². The van der Waals surface area contributed by atoms with Crippen molar-refractivity contribution in [2.24, 2.45) is 0 Å². The molecule has 0 saturated heterocycles. The minimum absolute atomic E-state index is 0.0493. The first kappa shape index (κ1) is 12.8. The van der Waals surface area contributed by atoms with Crippen LogP contribution in [-0.4, -0.2) is 42.4 Å². The van der Waals surface area contributed by atoms with E-state index in [0.717, 1.165) is 12.8 Å². The maximum Gasteiger partial charge on any atom is 0.341 e. The van der Waals surface area contributed by atoms with Crippen LogP contribution in [0.25, 0.3) is 0 Å². The summed E-state index contributed by atoms with van der Waals surface area (Å²) in [6, 6.07) is 3.79. The first-order valence-electron chi connectivity index (χ1n) is 6.18. The number of aromatic nitrogens is 1. The summed E-state index contributed by atoms with van der Waals surface area (Å²) in [7, 11) is 1.36. The maximum absolute atomic E-state index is 11.7. The fraction of sp³-hybridized carbons (Fsp3) is 0.538. The van der Waals surface area contributed by atoms with Crippen LogP contribution in [-0.2, 0) is 4.74 Å². The average Bonchev–Trinajstić information content (AvgIpc) is 2.35. The van der Waals surface area contributed by atoms with E-state index < -0.39 is 0 Å². The van der Waals surface area contributed by atoms with Crippen molar-refractivity contribution >= 4 is 11.8 Å². The Morgan fingerprint density at radius 1 is 1.61 bits per heavy atom. The lowest BCUT2D eigenvalue weighted by Gasteiger charge is -2.38. The van der Waals surface area contributed by atoms with Crippen molar-refractivity contribution in [2.75, 3.05) is 25.2 Å². The second-order valence-corrected chi connectivity index (χ2v) is 4.37. The van der Waals surface area contributed by atoms with Crippen molar-refractivity contribution in [2.45, 2.75) is 25.3 Å². The normalized spacial score (nSPS) is 15.0. The lowest BCUT2D eigenvalue weighted by Crippen LogP contribution is -2.43. The Morgan fingerprint density at radius 2 is 2.39 bits per heavy atom. The van der Waals surface area contributed by atoms with Gasteiger partial charge in [0.15, 0.2) is 0 Å². The van der Waals surface area contributed by atoms with Gasteiger partial charge >= 0.3 is 5.97 Å². The molecule has 0 radical (unpaired) electrons. The fourth-order valence-corrected chi connectivity index (χ4v) is 2.16. The van der Waals surface area contributed by atoms with Crippen molar-refractivity contribution in [3.8, 4) is 0 Å². The van der Waals surface area contributed by atoms with Crippen molar-refractivity contribution < 1.29 is 14.6 Å². The first-order valence-corrected chi connectivity index (χ1v) is 6.18. The van der Waals surface area contributed by atoms with Crippen LogP contribution >= 0.6 is 0 Å². The van der Waals surface area contributed by atoms with Gasteiger partial charge in [0.25, 0.3) is 0 Å². The highest BCUT2D eigenvalue weighted by Gasteiger charge is 2.28. The molecule has 0 bridgehead atoms. The molecule has 1 aromatic heterocycles. The van der Waals surface area contributed by atoms with Gasteiger partial charge in [-0.05, 0) is 31.4 Å². The number of carbonyl (C=O) groups excluding carboxylic acids is 1. The summed E-state index contributed by atoms with van der Waals surface area (Å²) in [6.45, 7) is 0.541. The largest absolute Gasteiger partial charge is 0.465 e. The maximum atomic E-state index is 11.7. The minimum Gasteiger partial charge on any atom is -0.465 e. The molecule has 0 aliphatic heterocycles. The molecule has 2 rings (SSSR count). The molecule has 1 aromatic rings. The van der Waals surface area contributed by atoms with Crippen molar-refractivity contribution in [1.29, 1.82) is 0 Å². The minimum atomic E-state index is -0.389. The van der Waals surface area contributed by atoms with Gasteiger partial charge in [0.1, 0.15) is 11.4 Å². The number of esters is 1. The zero-order valence-corrected chi connectivity index (χ0v) is 10.5. The lowest BCUT2D eigenvalue weighted by molar-refractivity contribution is 0.0600. The van der Waals surface area contributed by atoms with E-state index in [0.29, 0.717) is 24.0 Å². The molecule has 98 valence electrons. The van der Waals surface area contributed by atoms with E-state index in [1.165, 1.54) is 13.5 Å². The highest BCUT2D eigenvalue weighted by molar-refractivity contribution is 5.94. The third kappa shape index (κ3) is 2.46. The Hall–Kier alpha value is -1.62. The quantitative estimate of drug-likeness (QED) is 0.796. The molecule has 0 amide bonds. The van der Waals surface area contributed by atoms with Crippen molar-refractivity contribution in [3.63, 3.8) is 0 Å². The van der Waals surface area contributed by atoms with E-state index in [4.69, 9.17) is 9.84 Å². The predicted octanol–water partition coefficient (Wildman–Crippen LogP) is 1.22. The molecule has 1 saturated carbocycles. The molecule has 1 heterocycles. The zero-order chi connectivity index (χ0) is 13.0. The van der Waals surface area contributed by atoms with Gasteiger partial charge in [-0.3, -0.25) is 0 Å². The SMILES string of the molecule is COC(=O)c1cccnc1N(CCO)C1CCC1. The molecular weight excluding hydrogens is 232 g/mol. The molecule has 0 unspecified atom stereocenters. The van der Waals surface area contributed by atoms with E-state index in [1.807, 2.05) is 4.90 Å². The number of hydrogen-bond donors (Lipinski definition) is 1. The molecule has 0 spiro atoms. The van der Waals surface area contributed by atoms with Gasteiger partial charge in [-0.1, -0.05) is 0 Å². The van der Waals surface area contributed by atoms with Gasteiger partial charge in [0.2, 0.25) is 0 Å². The first-order chi connectivity index (χ1) is 8.77. The molecule has 1 aliphatic rings. The van der Waals surface area contributed by atoms with Crippen LogP contribution in [0.3, 0.4) is 0 Å². The Kier molecular flexibility index (Phi) is 4.15. The highest BCUT2D eigenvalue weighted by Crippen LogP contribution is 2.30. The molecule has 18 heavy (non-hydrogen) atoms. The van der Waals surface area contributed by atoms with E-state index in [2.05, 4.69) is 4.98 Å². The summed E-state index contributed by atoms with van der Waals surface area (Å²) >= 11 is 0. The van der Waals surface area contributed by atoms with E-state index >= 15 is 0 Å². The lowest BCUT2D eigenvalue weighted by atomic mass is 9.91. The number of pyridine rings is 1. The molecule has 0 aromatic carbocycles. The Morgan fingerprint density at radius 3 is 2.94 bits per heavy atom. The van der Waals surface area contributed by atoms with Crippen LogP contribution in [0, 0.1) is 0 Å². The second kappa shape index (κ2) is 5.82. The smallest absolute Gasteiger partial charge is 0.341 e. The summed E-state index contributed by atoms with van der Waals surface area (Å²) in [5.41, 5.74) is 0.459.